The third-order valence-corrected chi connectivity index (χ3v) is 6.50. The second kappa shape index (κ2) is 15.5. The van der Waals surface area contributed by atoms with Crippen LogP contribution in [0.4, 0.5) is 0 Å². The van der Waals surface area contributed by atoms with E-state index in [1.807, 2.05) is 30.3 Å². The zero-order valence-corrected chi connectivity index (χ0v) is 24.7. The van der Waals surface area contributed by atoms with Crippen LogP contribution < -0.4 is 14.8 Å². The molecular weight excluding hydrogens is 564 g/mol. The van der Waals surface area contributed by atoms with Crippen LogP contribution >= 0.6 is 0 Å². The van der Waals surface area contributed by atoms with E-state index in [-0.39, 0.29) is 30.2 Å². The van der Waals surface area contributed by atoms with E-state index < -0.39 is 66.7 Å². The fraction of sp³-hybridized carbons (Fsp3) is 0.467. The van der Waals surface area contributed by atoms with Crippen molar-refractivity contribution in [1.82, 2.24) is 10.3 Å². The number of cyclic esters (lactones) is 2. The van der Waals surface area contributed by atoms with Crippen LogP contribution in [0.1, 0.15) is 50.2 Å². The van der Waals surface area contributed by atoms with Gasteiger partial charge < -0.3 is 33.7 Å². The number of pyridine rings is 1. The van der Waals surface area contributed by atoms with Gasteiger partial charge in [-0.3, -0.25) is 14.4 Å². The van der Waals surface area contributed by atoms with Gasteiger partial charge in [-0.05, 0) is 18.9 Å². The summed E-state index contributed by atoms with van der Waals surface area (Å²) in [5.41, 5.74) is 0.532. The molecule has 232 valence electrons. The van der Waals surface area contributed by atoms with Gasteiger partial charge in [0.1, 0.15) is 12.2 Å². The highest BCUT2D eigenvalue weighted by Crippen LogP contribution is 2.30. The summed E-state index contributed by atoms with van der Waals surface area (Å²) in [6, 6.07) is 8.82. The van der Waals surface area contributed by atoms with Gasteiger partial charge in [-0.15, -0.1) is 0 Å². The van der Waals surface area contributed by atoms with Crippen LogP contribution in [0.3, 0.4) is 0 Å². The van der Waals surface area contributed by atoms with Gasteiger partial charge in [-0.1, -0.05) is 51.1 Å². The maximum absolute atomic E-state index is 13.3. The molecule has 1 aliphatic heterocycles. The lowest BCUT2D eigenvalue weighted by Crippen LogP contribution is -2.49. The zero-order chi connectivity index (χ0) is 31.5. The molecule has 1 aromatic carbocycles. The number of hydrogen-bond acceptors (Lipinski definition) is 12. The third-order valence-electron chi connectivity index (χ3n) is 6.50. The minimum Gasteiger partial charge on any atom is -0.493 e. The smallest absolute Gasteiger partial charge is 0.340 e. The molecule has 1 N–H and O–H groups in total. The number of aromatic nitrogens is 1. The Morgan fingerprint density at radius 3 is 2.47 bits per heavy atom. The number of carbonyl (C=O) groups excluding carboxylic acids is 5. The third kappa shape index (κ3) is 8.90. The van der Waals surface area contributed by atoms with E-state index >= 15 is 0 Å². The van der Waals surface area contributed by atoms with Crippen molar-refractivity contribution in [2.24, 2.45) is 11.8 Å². The fourth-order valence-electron chi connectivity index (χ4n) is 4.19. The topological polar surface area (TPSA) is 166 Å². The Labute approximate surface area is 249 Å². The lowest BCUT2D eigenvalue weighted by atomic mass is 9.91. The van der Waals surface area contributed by atoms with Gasteiger partial charge in [0.05, 0.1) is 19.6 Å². The highest BCUT2D eigenvalue weighted by molar-refractivity contribution is 6.06. The predicted molar refractivity (Wildman–Crippen MR) is 149 cm³/mol. The van der Waals surface area contributed by atoms with Gasteiger partial charge in [-0.2, -0.15) is 0 Å². The molecule has 0 saturated carbocycles. The molecular formula is C30H36N2O11. The number of rotatable bonds is 11. The maximum Gasteiger partial charge on any atom is 0.340 e. The Balaban J connectivity index is 1.86. The molecule has 0 radical (unpaired) electrons. The van der Waals surface area contributed by atoms with Crippen molar-refractivity contribution in [3.63, 3.8) is 0 Å². The minimum atomic E-state index is -1.88. The molecule has 0 bridgehead atoms. The van der Waals surface area contributed by atoms with Gasteiger partial charge in [-0.25, -0.2) is 14.6 Å². The quantitative estimate of drug-likeness (QED) is 0.173. The Morgan fingerprint density at radius 1 is 1.09 bits per heavy atom. The van der Waals surface area contributed by atoms with Crippen LogP contribution in [-0.2, 0) is 44.5 Å². The maximum atomic E-state index is 13.3. The fourth-order valence-corrected chi connectivity index (χ4v) is 4.19. The number of nitrogens with zero attached hydrogens (tertiary/aromatic N) is 1. The van der Waals surface area contributed by atoms with Crippen molar-refractivity contribution in [2.75, 3.05) is 20.5 Å². The summed E-state index contributed by atoms with van der Waals surface area (Å²) < 4.78 is 32.4. The SMILES string of the molecule is CCC(=O)OCOc1c(OC)ccnc1C(=O)NC1C(=O)OC[C@@H](Cc2ccccc2)[C@@H](OC(=O)C(C)C)[C@H](C)OC1=O. The summed E-state index contributed by atoms with van der Waals surface area (Å²) in [4.78, 5) is 67.7. The monoisotopic (exact) mass is 600 g/mol. The van der Waals surface area contributed by atoms with Crippen molar-refractivity contribution in [3.8, 4) is 11.5 Å². The van der Waals surface area contributed by atoms with Crippen LogP contribution in [0.5, 0.6) is 11.5 Å². The zero-order valence-electron chi connectivity index (χ0n) is 24.7. The highest BCUT2D eigenvalue weighted by Gasteiger charge is 2.41. The first kappa shape index (κ1) is 32.8. The molecule has 1 fully saturated rings. The number of amides is 1. The number of hydrogen-bond donors (Lipinski definition) is 1. The molecule has 2 heterocycles. The molecule has 0 aliphatic carbocycles. The molecule has 4 atom stereocenters. The van der Waals surface area contributed by atoms with Crippen LogP contribution in [-0.4, -0.2) is 73.5 Å². The van der Waals surface area contributed by atoms with Crippen molar-refractivity contribution in [2.45, 2.75) is 58.8 Å². The first-order chi connectivity index (χ1) is 20.5. The van der Waals surface area contributed by atoms with E-state index in [1.165, 1.54) is 26.3 Å². The first-order valence-electron chi connectivity index (χ1n) is 13.8. The summed E-state index contributed by atoms with van der Waals surface area (Å²) in [5.74, 6) is -5.39. The molecule has 1 aliphatic rings. The Kier molecular flexibility index (Phi) is 11.8. The lowest BCUT2D eigenvalue weighted by molar-refractivity contribution is -0.173. The summed E-state index contributed by atoms with van der Waals surface area (Å²) in [5, 5.41) is 2.29. The molecule has 13 heteroatoms. The standard InChI is InChI=1S/C30H36N2O11/c1-6-22(33)40-16-41-26-21(38-5)12-13-31-23(26)27(34)32-24-29(36)39-15-20(14-19-10-8-7-9-11-19)25(18(4)42-30(24)37)43-28(35)17(2)3/h7-13,17-18,20,24-25H,6,14-16H2,1-5H3,(H,32,34)/t18-,20+,24?,25-/m0/s1. The number of carbonyl (C=O) groups is 5. The van der Waals surface area contributed by atoms with E-state index in [1.54, 1.807) is 20.8 Å². The van der Waals surface area contributed by atoms with Gasteiger partial charge in [0, 0.05) is 24.6 Å². The molecule has 1 aromatic heterocycles. The molecule has 1 saturated heterocycles. The number of esters is 4. The van der Waals surface area contributed by atoms with Gasteiger partial charge in [0.15, 0.2) is 17.2 Å². The molecule has 0 spiro atoms. The first-order valence-corrected chi connectivity index (χ1v) is 13.8. The van der Waals surface area contributed by atoms with Gasteiger partial charge in [0.25, 0.3) is 5.91 Å². The Hall–Kier alpha value is -4.68. The van der Waals surface area contributed by atoms with E-state index in [0.29, 0.717) is 6.42 Å². The molecule has 1 amide bonds. The van der Waals surface area contributed by atoms with Crippen molar-refractivity contribution < 1.29 is 52.4 Å². The molecule has 13 nitrogen and oxygen atoms in total. The second-order valence-corrected chi connectivity index (χ2v) is 10.0. The number of ether oxygens (including phenoxy) is 6. The summed E-state index contributed by atoms with van der Waals surface area (Å²) in [6.07, 6.45) is -0.246. The summed E-state index contributed by atoms with van der Waals surface area (Å²) in [7, 11) is 1.32. The van der Waals surface area contributed by atoms with E-state index in [9.17, 15) is 24.0 Å². The number of nitrogens with one attached hydrogen (secondary N) is 1. The molecule has 3 rings (SSSR count). The van der Waals surface area contributed by atoms with Crippen LogP contribution in [0, 0.1) is 11.8 Å². The van der Waals surface area contributed by atoms with Gasteiger partial charge >= 0.3 is 23.9 Å². The van der Waals surface area contributed by atoms with Crippen LogP contribution in [0.15, 0.2) is 42.6 Å². The second-order valence-electron chi connectivity index (χ2n) is 10.0. The average molecular weight is 601 g/mol. The van der Waals surface area contributed by atoms with Crippen molar-refractivity contribution in [3.05, 3.63) is 53.9 Å². The molecule has 43 heavy (non-hydrogen) atoms. The highest BCUT2D eigenvalue weighted by atomic mass is 16.7. The Morgan fingerprint density at radius 2 is 1.81 bits per heavy atom. The minimum absolute atomic E-state index is 0.0829. The normalized spacial score (nSPS) is 20.4. The molecule has 2 aromatic rings. The largest absolute Gasteiger partial charge is 0.493 e. The van der Waals surface area contributed by atoms with Crippen molar-refractivity contribution >= 4 is 29.8 Å². The molecule has 1 unspecified atom stereocenters. The van der Waals surface area contributed by atoms with E-state index in [2.05, 4.69) is 10.3 Å². The predicted octanol–water partition coefficient (Wildman–Crippen LogP) is 2.39. The van der Waals surface area contributed by atoms with E-state index in [0.717, 1.165) is 5.56 Å². The number of methoxy groups -OCH3 is 1. The van der Waals surface area contributed by atoms with Gasteiger partial charge in [0.2, 0.25) is 12.8 Å². The lowest BCUT2D eigenvalue weighted by Gasteiger charge is -2.30. The van der Waals surface area contributed by atoms with E-state index in [4.69, 9.17) is 28.4 Å². The number of benzene rings is 1. The van der Waals surface area contributed by atoms with Crippen molar-refractivity contribution in [1.29, 1.82) is 0 Å². The average Bonchev–Trinajstić information content (AvgIpc) is 3.03. The Bertz CT molecular complexity index is 1300. The summed E-state index contributed by atoms with van der Waals surface area (Å²) in [6.45, 7) is 5.71. The van der Waals surface area contributed by atoms with Crippen LogP contribution in [0.25, 0.3) is 0 Å². The summed E-state index contributed by atoms with van der Waals surface area (Å²) >= 11 is 0. The van der Waals surface area contributed by atoms with Crippen LogP contribution in [0.2, 0.25) is 0 Å².